The predicted molar refractivity (Wildman–Crippen MR) is 100.0 cm³/mol. The normalized spacial score (nSPS) is 11.0. The van der Waals surface area contributed by atoms with Gasteiger partial charge in [0.2, 0.25) is 5.89 Å². The minimum Gasteiger partial charge on any atom is -0.489 e. The zero-order valence-electron chi connectivity index (χ0n) is 13.7. The van der Waals surface area contributed by atoms with Gasteiger partial charge >= 0.3 is 0 Å². The van der Waals surface area contributed by atoms with Gasteiger partial charge in [-0.1, -0.05) is 29.8 Å². The lowest BCUT2D eigenvalue weighted by atomic mass is 10.2. The smallest absolute Gasteiger partial charge is 0.227 e. The number of halogens is 1. The van der Waals surface area contributed by atoms with E-state index in [0.29, 0.717) is 12.5 Å². The van der Waals surface area contributed by atoms with Gasteiger partial charge in [-0.25, -0.2) is 4.98 Å². The van der Waals surface area contributed by atoms with Crippen molar-refractivity contribution in [2.75, 3.05) is 0 Å². The molecule has 4 aromatic rings. The van der Waals surface area contributed by atoms with Crippen LogP contribution in [-0.4, -0.2) is 4.98 Å². The molecule has 0 fully saturated rings. The summed E-state index contributed by atoms with van der Waals surface area (Å²) in [6, 6.07) is 21.4. The van der Waals surface area contributed by atoms with Gasteiger partial charge in [0.15, 0.2) is 5.58 Å². The Morgan fingerprint density at radius 1 is 0.960 bits per heavy atom. The molecule has 0 bridgehead atoms. The Balaban J connectivity index is 1.49. The minimum absolute atomic E-state index is 0.499. The first-order valence-corrected chi connectivity index (χ1v) is 8.40. The van der Waals surface area contributed by atoms with Crippen molar-refractivity contribution in [3.63, 3.8) is 0 Å². The molecule has 3 nitrogen and oxygen atoms in total. The van der Waals surface area contributed by atoms with E-state index >= 15 is 0 Å². The summed E-state index contributed by atoms with van der Waals surface area (Å²) in [6.45, 7) is 2.54. The van der Waals surface area contributed by atoms with E-state index in [-0.39, 0.29) is 0 Å². The number of hydrogen-bond donors (Lipinski definition) is 0. The van der Waals surface area contributed by atoms with E-state index in [1.165, 1.54) is 5.56 Å². The number of nitrogens with zero attached hydrogens (tertiary/aromatic N) is 1. The maximum Gasteiger partial charge on any atom is 0.227 e. The molecule has 0 spiro atoms. The van der Waals surface area contributed by atoms with Crippen molar-refractivity contribution < 1.29 is 9.15 Å². The molecular formula is C21H16ClNO2. The number of ether oxygens (including phenoxy) is 1. The van der Waals surface area contributed by atoms with E-state index in [4.69, 9.17) is 20.8 Å². The molecule has 4 rings (SSSR count). The topological polar surface area (TPSA) is 35.3 Å². The first-order valence-electron chi connectivity index (χ1n) is 8.02. The van der Waals surface area contributed by atoms with Crippen molar-refractivity contribution in [3.05, 3.63) is 82.9 Å². The molecule has 0 aliphatic rings. The highest BCUT2D eigenvalue weighted by atomic mass is 35.5. The van der Waals surface area contributed by atoms with Crippen molar-refractivity contribution in [3.8, 4) is 17.2 Å². The molecule has 0 amide bonds. The van der Waals surface area contributed by atoms with Crippen LogP contribution in [0.5, 0.6) is 5.75 Å². The monoisotopic (exact) mass is 349 g/mol. The van der Waals surface area contributed by atoms with E-state index in [0.717, 1.165) is 33.0 Å². The molecule has 0 atom stereocenters. The molecule has 0 N–H and O–H groups in total. The molecule has 4 heteroatoms. The van der Waals surface area contributed by atoms with Gasteiger partial charge < -0.3 is 9.15 Å². The van der Waals surface area contributed by atoms with E-state index in [2.05, 4.69) is 4.98 Å². The Hall–Kier alpha value is -2.78. The number of hydrogen-bond acceptors (Lipinski definition) is 3. The quantitative estimate of drug-likeness (QED) is 0.451. The van der Waals surface area contributed by atoms with Crippen LogP contribution in [0, 0.1) is 6.92 Å². The van der Waals surface area contributed by atoms with Gasteiger partial charge in [-0.3, -0.25) is 0 Å². The standard InChI is InChI=1S/C21H16ClNO2/c1-14-2-11-20-19(12-14)23-21(25-20)16-5-9-18(10-6-16)24-13-15-3-7-17(22)8-4-15/h2-12H,13H2,1H3. The fourth-order valence-electron chi connectivity index (χ4n) is 2.60. The molecule has 1 heterocycles. The van der Waals surface area contributed by atoms with Crippen molar-refractivity contribution in [1.29, 1.82) is 0 Å². The molecule has 124 valence electrons. The van der Waals surface area contributed by atoms with Crippen molar-refractivity contribution in [2.24, 2.45) is 0 Å². The second-order valence-electron chi connectivity index (χ2n) is 5.93. The average molecular weight is 350 g/mol. The van der Waals surface area contributed by atoms with Crippen LogP contribution in [0.2, 0.25) is 5.02 Å². The third kappa shape index (κ3) is 3.52. The first-order chi connectivity index (χ1) is 12.2. The zero-order chi connectivity index (χ0) is 17.2. The summed E-state index contributed by atoms with van der Waals surface area (Å²) in [7, 11) is 0. The number of oxazole rings is 1. The number of rotatable bonds is 4. The lowest BCUT2D eigenvalue weighted by Crippen LogP contribution is -1.94. The van der Waals surface area contributed by atoms with Crippen LogP contribution in [-0.2, 0) is 6.61 Å². The van der Waals surface area contributed by atoms with Crippen LogP contribution in [0.1, 0.15) is 11.1 Å². The SMILES string of the molecule is Cc1ccc2oc(-c3ccc(OCc4ccc(Cl)cc4)cc3)nc2c1. The molecule has 0 radical (unpaired) electrons. The molecule has 0 aliphatic carbocycles. The number of fused-ring (bicyclic) bond motifs is 1. The number of benzene rings is 3. The van der Waals surface area contributed by atoms with Crippen LogP contribution in [0.4, 0.5) is 0 Å². The van der Waals surface area contributed by atoms with Crippen molar-refractivity contribution in [2.45, 2.75) is 13.5 Å². The third-order valence-electron chi connectivity index (χ3n) is 3.96. The van der Waals surface area contributed by atoms with Gasteiger partial charge in [-0.15, -0.1) is 0 Å². The van der Waals surface area contributed by atoms with Crippen LogP contribution < -0.4 is 4.74 Å². The highest BCUT2D eigenvalue weighted by Gasteiger charge is 2.08. The fourth-order valence-corrected chi connectivity index (χ4v) is 2.73. The maximum atomic E-state index is 5.89. The van der Waals surface area contributed by atoms with Gasteiger partial charge in [-0.05, 0) is 66.6 Å². The third-order valence-corrected chi connectivity index (χ3v) is 4.22. The van der Waals surface area contributed by atoms with Gasteiger partial charge in [0, 0.05) is 10.6 Å². The molecule has 0 saturated carbocycles. The van der Waals surface area contributed by atoms with Gasteiger partial charge in [0.05, 0.1) is 0 Å². The average Bonchev–Trinajstić information content (AvgIpc) is 3.05. The summed E-state index contributed by atoms with van der Waals surface area (Å²) in [4.78, 5) is 4.56. The first kappa shape index (κ1) is 15.7. The fraction of sp³-hybridized carbons (Fsp3) is 0.0952. The van der Waals surface area contributed by atoms with E-state index < -0.39 is 0 Å². The Morgan fingerprint density at radius 3 is 2.48 bits per heavy atom. The summed E-state index contributed by atoms with van der Waals surface area (Å²) >= 11 is 5.89. The molecular weight excluding hydrogens is 334 g/mol. The van der Waals surface area contributed by atoms with Crippen molar-refractivity contribution in [1.82, 2.24) is 4.98 Å². The summed E-state index contributed by atoms with van der Waals surface area (Å²) in [5, 5.41) is 0.724. The predicted octanol–water partition coefficient (Wildman–Crippen LogP) is 6.04. The van der Waals surface area contributed by atoms with Crippen LogP contribution in [0.15, 0.2) is 71.1 Å². The van der Waals surface area contributed by atoms with Crippen LogP contribution >= 0.6 is 11.6 Å². The van der Waals surface area contributed by atoms with Crippen molar-refractivity contribution >= 4 is 22.7 Å². The van der Waals surface area contributed by atoms with Gasteiger partial charge in [0.1, 0.15) is 17.9 Å². The van der Waals surface area contributed by atoms with E-state index in [1.54, 1.807) is 0 Å². The van der Waals surface area contributed by atoms with E-state index in [1.807, 2.05) is 73.7 Å². The molecule has 0 unspecified atom stereocenters. The highest BCUT2D eigenvalue weighted by molar-refractivity contribution is 6.30. The van der Waals surface area contributed by atoms with Gasteiger partial charge in [0.25, 0.3) is 0 Å². The lowest BCUT2D eigenvalue weighted by Gasteiger charge is -2.06. The molecule has 3 aromatic carbocycles. The minimum atomic E-state index is 0.499. The van der Waals surface area contributed by atoms with E-state index in [9.17, 15) is 0 Å². The maximum absolute atomic E-state index is 5.89. The largest absolute Gasteiger partial charge is 0.489 e. The summed E-state index contributed by atoms with van der Waals surface area (Å²) < 4.78 is 11.6. The zero-order valence-corrected chi connectivity index (χ0v) is 14.5. The molecule has 0 aliphatic heterocycles. The summed E-state index contributed by atoms with van der Waals surface area (Å²) in [5.41, 5.74) is 4.83. The summed E-state index contributed by atoms with van der Waals surface area (Å²) in [5.74, 6) is 1.41. The Kier molecular flexibility index (Phi) is 4.16. The second kappa shape index (κ2) is 6.61. The highest BCUT2D eigenvalue weighted by Crippen LogP contribution is 2.26. The Morgan fingerprint density at radius 2 is 1.72 bits per heavy atom. The Bertz CT molecular complexity index is 1000. The molecule has 1 aromatic heterocycles. The van der Waals surface area contributed by atoms with Crippen LogP contribution in [0.3, 0.4) is 0 Å². The Labute approximate surface area is 150 Å². The number of aromatic nitrogens is 1. The molecule has 25 heavy (non-hydrogen) atoms. The summed E-state index contributed by atoms with van der Waals surface area (Å²) in [6.07, 6.45) is 0. The number of aryl methyl sites for hydroxylation is 1. The second-order valence-corrected chi connectivity index (χ2v) is 6.37. The van der Waals surface area contributed by atoms with Crippen LogP contribution in [0.25, 0.3) is 22.6 Å². The van der Waals surface area contributed by atoms with Gasteiger partial charge in [-0.2, -0.15) is 0 Å². The lowest BCUT2D eigenvalue weighted by molar-refractivity contribution is 0.306. The molecule has 0 saturated heterocycles.